The average Bonchev–Trinajstić information content (AvgIpc) is 3.12. The molecule has 0 aliphatic carbocycles. The normalized spacial score (nSPS) is 16.8. The van der Waals surface area contributed by atoms with Crippen molar-refractivity contribution >= 4 is 29.1 Å². The van der Waals surface area contributed by atoms with Crippen LogP contribution in [0.1, 0.15) is 37.4 Å². The summed E-state index contributed by atoms with van der Waals surface area (Å²) < 4.78 is 15.1. The summed E-state index contributed by atoms with van der Waals surface area (Å²) in [6, 6.07) is 23.1. The number of anilines is 1. The van der Waals surface area contributed by atoms with Crippen LogP contribution in [0.4, 0.5) is 10.1 Å². The molecule has 3 aromatic carbocycles. The lowest BCUT2D eigenvalue weighted by Crippen LogP contribution is -2.49. The number of benzene rings is 3. The number of nitrogens with zero attached hydrogens (tertiary/aromatic N) is 4. The summed E-state index contributed by atoms with van der Waals surface area (Å²) in [4.78, 5) is 52.1. The van der Waals surface area contributed by atoms with Crippen LogP contribution in [-0.4, -0.2) is 39.5 Å². The maximum absolute atomic E-state index is 15.1. The summed E-state index contributed by atoms with van der Waals surface area (Å²) >= 11 is 0. The largest absolute Gasteiger partial charge is 0.304 e. The van der Waals surface area contributed by atoms with Crippen molar-refractivity contribution < 1.29 is 18.8 Å². The Hall–Kier alpha value is -4.98. The van der Waals surface area contributed by atoms with Gasteiger partial charge in [-0.15, -0.1) is 0 Å². The first-order valence-corrected chi connectivity index (χ1v) is 11.6. The standard InChI is InChI=1S/C29H19FN4O3/c30-23-13-5-3-11-21(23)25-22-12-4-6-14-24(22)33(17-18-8-7-15-31-16-18)29(37)26(32-25)34-27(35)19-9-1-2-10-20(19)28(34)36/h1-16,26H,17H2/t26-/m0/s1. The molecule has 3 amide bonds. The minimum atomic E-state index is -1.54. The predicted molar refractivity (Wildman–Crippen MR) is 135 cm³/mol. The molecule has 37 heavy (non-hydrogen) atoms. The van der Waals surface area contributed by atoms with E-state index in [0.717, 1.165) is 10.5 Å². The molecule has 2 aliphatic rings. The Labute approximate surface area is 211 Å². The van der Waals surface area contributed by atoms with Crippen LogP contribution in [-0.2, 0) is 11.3 Å². The van der Waals surface area contributed by atoms with E-state index in [4.69, 9.17) is 0 Å². The number of halogens is 1. The van der Waals surface area contributed by atoms with Gasteiger partial charge in [-0.3, -0.25) is 19.4 Å². The molecule has 2 aliphatic heterocycles. The second-order valence-electron chi connectivity index (χ2n) is 8.66. The van der Waals surface area contributed by atoms with E-state index < -0.39 is 29.7 Å². The number of imide groups is 1. The number of hydrogen-bond donors (Lipinski definition) is 0. The van der Waals surface area contributed by atoms with E-state index in [2.05, 4.69) is 9.98 Å². The van der Waals surface area contributed by atoms with Gasteiger partial charge in [-0.1, -0.05) is 48.5 Å². The third kappa shape index (κ3) is 3.70. The van der Waals surface area contributed by atoms with E-state index in [1.807, 2.05) is 6.07 Å². The van der Waals surface area contributed by atoms with Gasteiger partial charge in [0.25, 0.3) is 17.7 Å². The number of amides is 3. The number of carbonyl (C=O) groups excluding carboxylic acids is 3. The number of aliphatic imine (C=N–C) groups is 1. The fourth-order valence-electron chi connectivity index (χ4n) is 4.72. The van der Waals surface area contributed by atoms with Gasteiger partial charge in [0.15, 0.2) is 0 Å². The Bertz CT molecular complexity index is 1570. The Morgan fingerprint density at radius 1 is 0.730 bits per heavy atom. The molecule has 0 saturated carbocycles. The number of pyridine rings is 1. The van der Waals surface area contributed by atoms with Crippen molar-refractivity contribution in [3.05, 3.63) is 131 Å². The predicted octanol–water partition coefficient (Wildman–Crippen LogP) is 4.23. The number of benzodiazepines with no additional fused rings is 1. The minimum absolute atomic E-state index is 0.115. The molecular weight excluding hydrogens is 471 g/mol. The third-order valence-electron chi connectivity index (χ3n) is 6.45. The van der Waals surface area contributed by atoms with Gasteiger partial charge >= 0.3 is 0 Å². The highest BCUT2D eigenvalue weighted by Crippen LogP contribution is 2.34. The highest BCUT2D eigenvalue weighted by molar-refractivity contribution is 6.25. The Morgan fingerprint density at radius 3 is 2.00 bits per heavy atom. The van der Waals surface area contributed by atoms with Crippen molar-refractivity contribution in [3.63, 3.8) is 0 Å². The zero-order valence-corrected chi connectivity index (χ0v) is 19.4. The minimum Gasteiger partial charge on any atom is -0.304 e. The van der Waals surface area contributed by atoms with Crippen LogP contribution in [0.15, 0.2) is 102 Å². The van der Waals surface area contributed by atoms with Crippen LogP contribution in [0.25, 0.3) is 0 Å². The Balaban J connectivity index is 1.57. The van der Waals surface area contributed by atoms with Crippen molar-refractivity contribution in [2.45, 2.75) is 12.7 Å². The fraction of sp³-hybridized carbons (Fsp3) is 0.0690. The van der Waals surface area contributed by atoms with Gasteiger partial charge in [0, 0.05) is 23.5 Å². The second kappa shape index (κ2) is 8.91. The lowest BCUT2D eigenvalue weighted by atomic mass is 9.99. The topological polar surface area (TPSA) is 82.9 Å². The highest BCUT2D eigenvalue weighted by atomic mass is 19.1. The van der Waals surface area contributed by atoms with Crippen molar-refractivity contribution in [3.8, 4) is 0 Å². The van der Waals surface area contributed by atoms with Gasteiger partial charge < -0.3 is 4.90 Å². The maximum atomic E-state index is 15.1. The van der Waals surface area contributed by atoms with Crippen LogP contribution >= 0.6 is 0 Å². The summed E-state index contributed by atoms with van der Waals surface area (Å²) in [6.07, 6.45) is 1.73. The molecule has 0 unspecified atom stereocenters. The zero-order chi connectivity index (χ0) is 25.5. The van der Waals surface area contributed by atoms with E-state index in [1.54, 1.807) is 85.2 Å². The summed E-state index contributed by atoms with van der Waals surface area (Å²) in [6.45, 7) is 0.115. The first-order chi connectivity index (χ1) is 18.0. The van der Waals surface area contributed by atoms with Crippen molar-refractivity contribution in [2.24, 2.45) is 4.99 Å². The number of carbonyl (C=O) groups is 3. The number of aromatic nitrogens is 1. The first-order valence-electron chi connectivity index (χ1n) is 11.6. The van der Waals surface area contributed by atoms with Gasteiger partial charge in [-0.2, -0.15) is 0 Å². The monoisotopic (exact) mass is 490 g/mol. The zero-order valence-electron chi connectivity index (χ0n) is 19.4. The highest BCUT2D eigenvalue weighted by Gasteiger charge is 2.46. The van der Waals surface area contributed by atoms with Gasteiger partial charge in [0.1, 0.15) is 5.82 Å². The van der Waals surface area contributed by atoms with Gasteiger partial charge in [0.2, 0.25) is 6.17 Å². The molecule has 0 radical (unpaired) electrons. The molecule has 0 spiro atoms. The smallest absolute Gasteiger partial charge is 0.273 e. The van der Waals surface area contributed by atoms with E-state index in [9.17, 15) is 14.4 Å². The molecule has 3 heterocycles. The van der Waals surface area contributed by atoms with Gasteiger partial charge in [-0.05, 0) is 42.0 Å². The molecule has 4 aromatic rings. The van der Waals surface area contributed by atoms with Crippen LogP contribution in [0.2, 0.25) is 0 Å². The molecule has 6 rings (SSSR count). The molecule has 7 nitrogen and oxygen atoms in total. The summed E-state index contributed by atoms with van der Waals surface area (Å²) in [5.41, 5.74) is 2.46. The quantitative estimate of drug-likeness (QED) is 0.401. The number of rotatable bonds is 4. The Morgan fingerprint density at radius 2 is 1.35 bits per heavy atom. The molecular formula is C29H19FN4O3. The maximum Gasteiger partial charge on any atom is 0.273 e. The lowest BCUT2D eigenvalue weighted by molar-refractivity contribution is -0.122. The molecule has 0 fully saturated rings. The molecule has 0 N–H and O–H groups in total. The SMILES string of the molecule is O=C1[C@H](N2C(=O)c3ccccc3C2=O)N=C(c2ccccc2F)c2ccccc2N1Cc1cccnc1. The molecule has 0 saturated heterocycles. The Kier molecular flexibility index (Phi) is 5.41. The van der Waals surface area contributed by atoms with E-state index in [-0.39, 0.29) is 28.9 Å². The van der Waals surface area contributed by atoms with Crippen LogP contribution in [0.3, 0.4) is 0 Å². The van der Waals surface area contributed by atoms with Crippen LogP contribution in [0, 0.1) is 5.82 Å². The van der Waals surface area contributed by atoms with Crippen LogP contribution < -0.4 is 4.90 Å². The van der Waals surface area contributed by atoms with Gasteiger partial charge in [0.05, 0.1) is 29.1 Å². The average molecular weight is 490 g/mol. The van der Waals surface area contributed by atoms with E-state index in [1.165, 1.54) is 11.0 Å². The summed E-state index contributed by atoms with van der Waals surface area (Å²) in [7, 11) is 0. The second-order valence-corrected chi connectivity index (χ2v) is 8.66. The number of fused-ring (bicyclic) bond motifs is 2. The summed E-state index contributed by atoms with van der Waals surface area (Å²) in [5.74, 6) is -2.37. The lowest BCUT2D eigenvalue weighted by Gasteiger charge is -2.28. The van der Waals surface area contributed by atoms with E-state index >= 15 is 4.39 Å². The molecule has 8 heteroatoms. The van der Waals surface area contributed by atoms with Gasteiger partial charge in [-0.25, -0.2) is 14.3 Å². The third-order valence-corrected chi connectivity index (χ3v) is 6.45. The molecule has 180 valence electrons. The fourth-order valence-corrected chi connectivity index (χ4v) is 4.72. The van der Waals surface area contributed by atoms with Crippen LogP contribution in [0.5, 0.6) is 0 Å². The summed E-state index contributed by atoms with van der Waals surface area (Å²) in [5, 5.41) is 0. The first kappa shape index (κ1) is 22.5. The molecule has 1 atom stereocenters. The number of hydrogen-bond acceptors (Lipinski definition) is 5. The van der Waals surface area contributed by atoms with Crippen molar-refractivity contribution in [2.75, 3.05) is 4.90 Å². The molecule has 0 bridgehead atoms. The van der Waals surface area contributed by atoms with Crippen molar-refractivity contribution in [1.29, 1.82) is 0 Å². The van der Waals surface area contributed by atoms with Crippen molar-refractivity contribution in [1.82, 2.24) is 9.88 Å². The number of para-hydroxylation sites is 1. The van der Waals surface area contributed by atoms with E-state index in [0.29, 0.717) is 11.3 Å². The molecule has 1 aromatic heterocycles.